The van der Waals surface area contributed by atoms with Crippen LogP contribution in [0.2, 0.25) is 0 Å². The average molecular weight is 128 g/mol. The molecule has 0 saturated carbocycles. The summed E-state index contributed by atoms with van der Waals surface area (Å²) < 4.78 is 5.26. The van der Waals surface area contributed by atoms with Crippen LogP contribution < -0.4 is 0 Å². The van der Waals surface area contributed by atoms with E-state index in [0.717, 1.165) is 13.0 Å². The normalized spacial score (nSPS) is 11.6. The van der Waals surface area contributed by atoms with Gasteiger partial charge < -0.3 is 4.74 Å². The summed E-state index contributed by atoms with van der Waals surface area (Å²) in [7, 11) is 0. The molecule has 0 aromatic rings. The molecule has 0 atom stereocenters. The number of allylic oxidation sites excluding steroid dienone is 1. The zero-order chi connectivity index (χ0) is 7.11. The van der Waals surface area contributed by atoms with E-state index >= 15 is 0 Å². The molecule has 0 saturated heterocycles. The van der Waals surface area contributed by atoms with Crippen molar-refractivity contribution in [3.05, 3.63) is 12.2 Å². The van der Waals surface area contributed by atoms with Crippen molar-refractivity contribution >= 4 is 0 Å². The lowest BCUT2D eigenvalue weighted by molar-refractivity contribution is 0.102. The van der Waals surface area contributed by atoms with E-state index in [1.54, 1.807) is 0 Å². The second-order valence-electron chi connectivity index (χ2n) is 2.26. The van der Waals surface area contributed by atoms with Crippen molar-refractivity contribution in [2.75, 3.05) is 6.61 Å². The zero-order valence-corrected chi connectivity index (χ0v) is 6.55. The number of hydrogen-bond acceptors (Lipinski definition) is 1. The van der Waals surface area contributed by atoms with Crippen LogP contribution in [0.15, 0.2) is 12.2 Å². The molecular weight excluding hydrogens is 112 g/mol. The van der Waals surface area contributed by atoms with Crippen LogP contribution in [0.5, 0.6) is 0 Å². The predicted octanol–water partition coefficient (Wildman–Crippen LogP) is 2.38. The molecule has 0 bridgehead atoms. The molecule has 54 valence electrons. The highest BCUT2D eigenvalue weighted by Gasteiger charge is 1.86. The smallest absolute Gasteiger partial charge is 0.0650 e. The minimum atomic E-state index is 0.353. The van der Waals surface area contributed by atoms with Crippen molar-refractivity contribution in [1.29, 1.82) is 0 Å². The molecular formula is C8H16O. The first-order chi connectivity index (χ1) is 4.27. The van der Waals surface area contributed by atoms with Crippen LogP contribution in [-0.4, -0.2) is 12.7 Å². The molecule has 0 aliphatic heterocycles. The fourth-order valence-corrected chi connectivity index (χ4v) is 0.483. The SMILES string of the molecule is CC/C=C/COC(C)C. The topological polar surface area (TPSA) is 9.23 Å². The molecule has 0 aromatic carbocycles. The van der Waals surface area contributed by atoms with Crippen LogP contribution in [0.25, 0.3) is 0 Å². The van der Waals surface area contributed by atoms with E-state index in [2.05, 4.69) is 19.1 Å². The quantitative estimate of drug-likeness (QED) is 0.528. The summed E-state index contributed by atoms with van der Waals surface area (Å²) in [6.07, 6.45) is 5.62. The van der Waals surface area contributed by atoms with E-state index in [4.69, 9.17) is 4.74 Å². The fourth-order valence-electron chi connectivity index (χ4n) is 0.483. The van der Waals surface area contributed by atoms with E-state index in [1.165, 1.54) is 0 Å². The third-order valence-electron chi connectivity index (χ3n) is 0.928. The molecule has 0 heterocycles. The van der Waals surface area contributed by atoms with E-state index in [-0.39, 0.29) is 0 Å². The van der Waals surface area contributed by atoms with Gasteiger partial charge in [0.25, 0.3) is 0 Å². The Bertz CT molecular complexity index is 74.6. The fraction of sp³-hybridized carbons (Fsp3) is 0.750. The molecule has 0 aliphatic rings. The Morgan fingerprint density at radius 1 is 1.33 bits per heavy atom. The Morgan fingerprint density at radius 3 is 2.44 bits per heavy atom. The second kappa shape index (κ2) is 5.83. The van der Waals surface area contributed by atoms with Crippen LogP contribution >= 0.6 is 0 Å². The zero-order valence-electron chi connectivity index (χ0n) is 6.55. The Kier molecular flexibility index (Phi) is 5.64. The van der Waals surface area contributed by atoms with Gasteiger partial charge in [0.1, 0.15) is 0 Å². The Labute approximate surface area is 57.7 Å². The Morgan fingerprint density at radius 2 is 2.00 bits per heavy atom. The summed E-state index contributed by atoms with van der Waals surface area (Å²) in [5, 5.41) is 0. The molecule has 1 heteroatoms. The lowest BCUT2D eigenvalue weighted by Crippen LogP contribution is -2.01. The van der Waals surface area contributed by atoms with Gasteiger partial charge in [-0.05, 0) is 20.3 Å². The maximum atomic E-state index is 5.26. The van der Waals surface area contributed by atoms with E-state index in [1.807, 2.05) is 13.8 Å². The van der Waals surface area contributed by atoms with Crippen molar-refractivity contribution in [2.24, 2.45) is 0 Å². The highest BCUT2D eigenvalue weighted by Crippen LogP contribution is 1.88. The molecule has 9 heavy (non-hydrogen) atoms. The van der Waals surface area contributed by atoms with E-state index < -0.39 is 0 Å². The first-order valence-corrected chi connectivity index (χ1v) is 3.54. The summed E-state index contributed by atoms with van der Waals surface area (Å²) in [5.41, 5.74) is 0. The van der Waals surface area contributed by atoms with Gasteiger partial charge in [-0.1, -0.05) is 19.1 Å². The van der Waals surface area contributed by atoms with Crippen LogP contribution in [0.4, 0.5) is 0 Å². The molecule has 0 rings (SSSR count). The van der Waals surface area contributed by atoms with Gasteiger partial charge in [0, 0.05) is 0 Å². The predicted molar refractivity (Wildman–Crippen MR) is 40.5 cm³/mol. The lowest BCUT2D eigenvalue weighted by Gasteiger charge is -2.02. The van der Waals surface area contributed by atoms with E-state index in [9.17, 15) is 0 Å². The minimum absolute atomic E-state index is 0.353. The molecule has 0 aromatic heterocycles. The Hall–Kier alpha value is -0.300. The van der Waals surface area contributed by atoms with Gasteiger partial charge >= 0.3 is 0 Å². The lowest BCUT2D eigenvalue weighted by atomic mass is 10.4. The van der Waals surface area contributed by atoms with E-state index in [0.29, 0.717) is 6.10 Å². The number of ether oxygens (including phenoxy) is 1. The molecule has 0 spiro atoms. The van der Waals surface area contributed by atoms with Gasteiger partial charge in [0.15, 0.2) is 0 Å². The van der Waals surface area contributed by atoms with Gasteiger partial charge in [0.2, 0.25) is 0 Å². The molecule has 0 N–H and O–H groups in total. The highest BCUT2D eigenvalue weighted by atomic mass is 16.5. The van der Waals surface area contributed by atoms with Crippen LogP contribution in [0, 0.1) is 0 Å². The maximum Gasteiger partial charge on any atom is 0.0650 e. The second-order valence-corrected chi connectivity index (χ2v) is 2.26. The van der Waals surface area contributed by atoms with Crippen LogP contribution in [0.3, 0.4) is 0 Å². The summed E-state index contributed by atoms with van der Waals surface area (Å²) in [6, 6.07) is 0. The summed E-state index contributed by atoms with van der Waals surface area (Å²) >= 11 is 0. The minimum Gasteiger partial charge on any atom is -0.375 e. The summed E-state index contributed by atoms with van der Waals surface area (Å²) in [4.78, 5) is 0. The molecule has 0 radical (unpaired) electrons. The van der Waals surface area contributed by atoms with Gasteiger partial charge in [-0.3, -0.25) is 0 Å². The molecule has 0 unspecified atom stereocenters. The first-order valence-electron chi connectivity index (χ1n) is 3.54. The van der Waals surface area contributed by atoms with Gasteiger partial charge in [-0.15, -0.1) is 0 Å². The van der Waals surface area contributed by atoms with Crippen molar-refractivity contribution < 1.29 is 4.74 Å². The highest BCUT2D eigenvalue weighted by molar-refractivity contribution is 4.79. The average Bonchev–Trinajstić information content (AvgIpc) is 1.80. The van der Waals surface area contributed by atoms with Crippen molar-refractivity contribution in [3.63, 3.8) is 0 Å². The maximum absolute atomic E-state index is 5.26. The van der Waals surface area contributed by atoms with Crippen LogP contribution in [-0.2, 0) is 4.74 Å². The van der Waals surface area contributed by atoms with Crippen molar-refractivity contribution in [3.8, 4) is 0 Å². The number of hydrogen-bond donors (Lipinski definition) is 0. The summed E-state index contributed by atoms with van der Waals surface area (Å²) in [6.45, 7) is 6.96. The van der Waals surface area contributed by atoms with Crippen LogP contribution in [0.1, 0.15) is 27.2 Å². The molecule has 0 fully saturated rings. The van der Waals surface area contributed by atoms with Gasteiger partial charge in [-0.25, -0.2) is 0 Å². The third-order valence-corrected chi connectivity index (χ3v) is 0.928. The molecule has 0 aliphatic carbocycles. The summed E-state index contributed by atoms with van der Waals surface area (Å²) in [5.74, 6) is 0. The van der Waals surface area contributed by atoms with Crippen molar-refractivity contribution in [2.45, 2.75) is 33.3 Å². The third kappa shape index (κ3) is 7.70. The van der Waals surface area contributed by atoms with Gasteiger partial charge in [0.05, 0.1) is 12.7 Å². The monoisotopic (exact) mass is 128 g/mol. The largest absolute Gasteiger partial charge is 0.375 e. The molecule has 1 nitrogen and oxygen atoms in total. The Balaban J connectivity index is 2.99. The first kappa shape index (κ1) is 8.70. The molecule has 0 amide bonds. The van der Waals surface area contributed by atoms with Crippen molar-refractivity contribution in [1.82, 2.24) is 0 Å². The van der Waals surface area contributed by atoms with Gasteiger partial charge in [-0.2, -0.15) is 0 Å². The standard InChI is InChI=1S/C8H16O/c1-4-5-6-7-9-8(2)3/h5-6,8H,4,7H2,1-3H3/b6-5+. The number of rotatable bonds is 4.